The Bertz CT molecular complexity index is 638. The van der Waals surface area contributed by atoms with Gasteiger partial charge in [0.25, 0.3) is 0 Å². The molecule has 0 fully saturated rings. The molecular weight excluding hydrogens is 308 g/mol. The van der Waals surface area contributed by atoms with Crippen LogP contribution in [0, 0.1) is 0 Å². The molecule has 1 aromatic carbocycles. The molecule has 0 spiro atoms. The van der Waals surface area contributed by atoms with Gasteiger partial charge in [-0.05, 0) is 24.1 Å². The van der Waals surface area contributed by atoms with Crippen LogP contribution in [-0.4, -0.2) is 36.4 Å². The highest BCUT2D eigenvalue weighted by atomic mass is 16.5. The van der Waals surface area contributed by atoms with E-state index >= 15 is 0 Å². The SMILES string of the molecule is COc1ccc(CCNC(=O)NCCc2nc(C(C)C)no2)cc1. The Balaban J connectivity index is 1.62. The molecule has 2 N–H and O–H groups in total. The fourth-order valence-corrected chi connectivity index (χ4v) is 2.06. The predicted molar refractivity (Wildman–Crippen MR) is 90.2 cm³/mol. The Morgan fingerprint density at radius 2 is 1.83 bits per heavy atom. The number of amides is 2. The van der Waals surface area contributed by atoms with E-state index in [0.29, 0.717) is 31.2 Å². The number of benzene rings is 1. The number of methoxy groups -OCH3 is 1. The van der Waals surface area contributed by atoms with Crippen LogP contribution >= 0.6 is 0 Å². The number of hydrogen-bond donors (Lipinski definition) is 2. The first kappa shape index (κ1) is 17.8. The fourth-order valence-electron chi connectivity index (χ4n) is 2.06. The topological polar surface area (TPSA) is 89.3 Å². The second-order valence-corrected chi connectivity index (χ2v) is 5.73. The number of carbonyl (C=O) groups is 1. The molecule has 130 valence electrons. The van der Waals surface area contributed by atoms with Gasteiger partial charge in [0.15, 0.2) is 5.82 Å². The summed E-state index contributed by atoms with van der Waals surface area (Å²) in [6, 6.07) is 7.59. The van der Waals surface area contributed by atoms with Crippen molar-refractivity contribution in [1.29, 1.82) is 0 Å². The van der Waals surface area contributed by atoms with Gasteiger partial charge in [-0.3, -0.25) is 0 Å². The van der Waals surface area contributed by atoms with Crippen molar-refractivity contribution in [2.75, 3.05) is 20.2 Å². The molecular formula is C17H24N4O3. The first-order valence-corrected chi connectivity index (χ1v) is 8.05. The van der Waals surface area contributed by atoms with Gasteiger partial charge in [-0.25, -0.2) is 4.79 Å². The number of urea groups is 1. The molecule has 0 aliphatic heterocycles. The monoisotopic (exact) mass is 332 g/mol. The van der Waals surface area contributed by atoms with E-state index in [4.69, 9.17) is 9.26 Å². The van der Waals surface area contributed by atoms with Crippen molar-refractivity contribution < 1.29 is 14.1 Å². The summed E-state index contributed by atoms with van der Waals surface area (Å²) in [6.07, 6.45) is 1.28. The van der Waals surface area contributed by atoms with Gasteiger partial charge in [0, 0.05) is 25.4 Å². The summed E-state index contributed by atoms with van der Waals surface area (Å²) in [5.41, 5.74) is 1.14. The third-order valence-electron chi connectivity index (χ3n) is 3.48. The van der Waals surface area contributed by atoms with E-state index in [9.17, 15) is 4.79 Å². The Kier molecular flexibility index (Phi) is 6.60. The number of rotatable bonds is 8. The zero-order valence-electron chi connectivity index (χ0n) is 14.3. The molecule has 2 amide bonds. The number of carbonyl (C=O) groups excluding carboxylic acids is 1. The quantitative estimate of drug-likeness (QED) is 0.774. The average molecular weight is 332 g/mol. The third-order valence-corrected chi connectivity index (χ3v) is 3.48. The minimum atomic E-state index is -0.202. The maximum absolute atomic E-state index is 11.7. The number of hydrogen-bond acceptors (Lipinski definition) is 5. The summed E-state index contributed by atoms with van der Waals surface area (Å²) in [4.78, 5) is 16.0. The molecule has 0 saturated heterocycles. The molecule has 1 aromatic heterocycles. The molecule has 2 aromatic rings. The first-order chi connectivity index (χ1) is 11.6. The molecule has 0 aliphatic carbocycles. The van der Waals surface area contributed by atoms with Gasteiger partial charge in [-0.15, -0.1) is 0 Å². The minimum absolute atomic E-state index is 0.202. The lowest BCUT2D eigenvalue weighted by Crippen LogP contribution is -2.37. The Labute approximate surface area is 141 Å². The van der Waals surface area contributed by atoms with E-state index in [2.05, 4.69) is 20.8 Å². The van der Waals surface area contributed by atoms with Gasteiger partial charge in [0.1, 0.15) is 5.75 Å². The zero-order chi connectivity index (χ0) is 17.4. The van der Waals surface area contributed by atoms with Gasteiger partial charge in [0.2, 0.25) is 5.89 Å². The second kappa shape index (κ2) is 8.90. The number of nitrogens with zero attached hydrogens (tertiary/aromatic N) is 2. The molecule has 7 heteroatoms. The first-order valence-electron chi connectivity index (χ1n) is 8.05. The number of ether oxygens (including phenoxy) is 1. The molecule has 0 saturated carbocycles. The van der Waals surface area contributed by atoms with Crippen LogP contribution in [0.25, 0.3) is 0 Å². The summed E-state index contributed by atoms with van der Waals surface area (Å²) in [5.74, 6) is 2.29. The lowest BCUT2D eigenvalue weighted by molar-refractivity contribution is 0.240. The molecule has 1 heterocycles. The highest BCUT2D eigenvalue weighted by Gasteiger charge is 2.09. The summed E-state index contributed by atoms with van der Waals surface area (Å²) in [7, 11) is 1.64. The molecule has 0 unspecified atom stereocenters. The van der Waals surface area contributed by atoms with Crippen molar-refractivity contribution in [3.8, 4) is 5.75 Å². The van der Waals surface area contributed by atoms with Gasteiger partial charge in [-0.1, -0.05) is 31.1 Å². The van der Waals surface area contributed by atoms with Gasteiger partial charge >= 0.3 is 6.03 Å². The van der Waals surface area contributed by atoms with Crippen LogP contribution in [0.3, 0.4) is 0 Å². The number of nitrogens with one attached hydrogen (secondary N) is 2. The van der Waals surface area contributed by atoms with Crippen LogP contribution in [0.4, 0.5) is 4.79 Å². The summed E-state index contributed by atoms with van der Waals surface area (Å²) >= 11 is 0. The van der Waals surface area contributed by atoms with Crippen LogP contribution in [0.15, 0.2) is 28.8 Å². The minimum Gasteiger partial charge on any atom is -0.497 e. The molecule has 0 aliphatic rings. The van der Waals surface area contributed by atoms with Crippen molar-refractivity contribution in [3.63, 3.8) is 0 Å². The van der Waals surface area contributed by atoms with Crippen LogP contribution in [-0.2, 0) is 12.8 Å². The molecule has 0 radical (unpaired) electrons. The molecule has 0 bridgehead atoms. The van der Waals surface area contributed by atoms with E-state index in [0.717, 1.165) is 17.7 Å². The maximum Gasteiger partial charge on any atom is 0.314 e. The summed E-state index contributed by atoms with van der Waals surface area (Å²) < 4.78 is 10.2. The van der Waals surface area contributed by atoms with Crippen LogP contribution in [0.1, 0.15) is 37.0 Å². The predicted octanol–water partition coefficient (Wildman–Crippen LogP) is 2.29. The van der Waals surface area contributed by atoms with Gasteiger partial charge in [0.05, 0.1) is 7.11 Å². The normalized spacial score (nSPS) is 10.7. The van der Waals surface area contributed by atoms with Crippen molar-refractivity contribution in [2.24, 2.45) is 0 Å². The number of aromatic nitrogens is 2. The Morgan fingerprint density at radius 3 is 2.42 bits per heavy atom. The van der Waals surface area contributed by atoms with E-state index in [1.165, 1.54) is 0 Å². The largest absolute Gasteiger partial charge is 0.497 e. The molecule has 7 nitrogen and oxygen atoms in total. The van der Waals surface area contributed by atoms with Crippen LogP contribution in [0.2, 0.25) is 0 Å². The third kappa shape index (κ3) is 5.57. The van der Waals surface area contributed by atoms with Crippen molar-refractivity contribution in [1.82, 2.24) is 20.8 Å². The fraction of sp³-hybridized carbons (Fsp3) is 0.471. The van der Waals surface area contributed by atoms with Crippen LogP contribution in [0.5, 0.6) is 5.75 Å². The lowest BCUT2D eigenvalue weighted by Gasteiger charge is -2.07. The second-order valence-electron chi connectivity index (χ2n) is 5.73. The van der Waals surface area contributed by atoms with Crippen molar-refractivity contribution in [2.45, 2.75) is 32.6 Å². The highest BCUT2D eigenvalue weighted by molar-refractivity contribution is 5.73. The van der Waals surface area contributed by atoms with E-state index in [-0.39, 0.29) is 11.9 Å². The van der Waals surface area contributed by atoms with Gasteiger partial charge in [-0.2, -0.15) is 4.98 Å². The van der Waals surface area contributed by atoms with Crippen molar-refractivity contribution in [3.05, 3.63) is 41.5 Å². The molecule has 24 heavy (non-hydrogen) atoms. The zero-order valence-corrected chi connectivity index (χ0v) is 14.3. The standard InChI is InChI=1S/C17H24N4O3/c1-12(2)16-20-15(24-21-16)9-11-19-17(22)18-10-8-13-4-6-14(23-3)7-5-13/h4-7,12H,8-11H2,1-3H3,(H2,18,19,22). The Morgan fingerprint density at radius 1 is 1.17 bits per heavy atom. The van der Waals surface area contributed by atoms with E-state index in [1.54, 1.807) is 7.11 Å². The van der Waals surface area contributed by atoms with E-state index < -0.39 is 0 Å². The molecule has 2 rings (SSSR count). The van der Waals surface area contributed by atoms with Gasteiger partial charge < -0.3 is 19.9 Å². The molecule has 0 atom stereocenters. The van der Waals surface area contributed by atoms with Crippen LogP contribution < -0.4 is 15.4 Å². The average Bonchev–Trinajstić information content (AvgIpc) is 3.05. The maximum atomic E-state index is 11.7. The van der Waals surface area contributed by atoms with Crippen molar-refractivity contribution >= 4 is 6.03 Å². The highest BCUT2D eigenvalue weighted by Crippen LogP contribution is 2.11. The summed E-state index contributed by atoms with van der Waals surface area (Å²) in [6.45, 7) is 5.02. The summed E-state index contributed by atoms with van der Waals surface area (Å²) in [5, 5.41) is 9.48. The lowest BCUT2D eigenvalue weighted by atomic mass is 10.1. The smallest absolute Gasteiger partial charge is 0.314 e. The van der Waals surface area contributed by atoms with E-state index in [1.807, 2.05) is 38.1 Å². The Hall–Kier alpha value is -2.57.